The third kappa shape index (κ3) is 2.46. The molecule has 1 atom stereocenters. The zero-order valence-electron chi connectivity index (χ0n) is 13.3. The molecule has 3 aromatic rings. The number of aliphatic carboxylic acids is 1. The maximum absolute atomic E-state index is 11.8. The topological polar surface area (TPSA) is 95.2 Å². The predicted octanol–water partition coefficient (Wildman–Crippen LogP) is 2.12. The van der Waals surface area contributed by atoms with E-state index < -0.39 is 12.0 Å². The van der Waals surface area contributed by atoms with Gasteiger partial charge in [-0.1, -0.05) is 30.3 Å². The van der Waals surface area contributed by atoms with Crippen molar-refractivity contribution in [3.63, 3.8) is 0 Å². The summed E-state index contributed by atoms with van der Waals surface area (Å²) in [6.07, 6.45) is 1.13. The number of H-pyrrole nitrogens is 1. The molecule has 24 heavy (non-hydrogen) atoms. The Morgan fingerprint density at radius 1 is 1.46 bits per heavy atom. The molecular formula is C17H18N4O3. The van der Waals surface area contributed by atoms with Gasteiger partial charge < -0.3 is 14.6 Å². The molecule has 0 bridgehead atoms. The number of fused-ring (bicyclic) bond motifs is 3. The fourth-order valence-electron chi connectivity index (χ4n) is 3.35. The molecule has 0 spiro atoms. The molecule has 124 valence electrons. The molecule has 1 aliphatic heterocycles. The molecule has 4 rings (SSSR count). The van der Waals surface area contributed by atoms with E-state index >= 15 is 0 Å². The first-order valence-electron chi connectivity index (χ1n) is 8.02. The second-order valence-corrected chi connectivity index (χ2v) is 6.05. The van der Waals surface area contributed by atoms with Crippen LogP contribution in [0.3, 0.4) is 0 Å². The smallest absolute Gasteiger partial charge is 0.321 e. The first kappa shape index (κ1) is 14.9. The lowest BCUT2D eigenvalue weighted by Crippen LogP contribution is -2.45. The average Bonchev–Trinajstić information content (AvgIpc) is 3.17. The summed E-state index contributed by atoms with van der Waals surface area (Å²) in [5, 5.41) is 14.7. The van der Waals surface area contributed by atoms with Crippen LogP contribution in [-0.2, 0) is 30.7 Å². The maximum atomic E-state index is 11.8. The van der Waals surface area contributed by atoms with Crippen molar-refractivity contribution < 1.29 is 14.4 Å². The Balaban J connectivity index is 1.67. The number of carboxylic acid groups (broad SMARTS) is 1. The number of aromatic nitrogens is 3. The van der Waals surface area contributed by atoms with Crippen molar-refractivity contribution in [1.29, 1.82) is 0 Å². The molecule has 2 aromatic heterocycles. The highest BCUT2D eigenvalue weighted by Crippen LogP contribution is 2.30. The van der Waals surface area contributed by atoms with Gasteiger partial charge in [0.2, 0.25) is 5.89 Å². The Morgan fingerprint density at radius 3 is 3.04 bits per heavy atom. The van der Waals surface area contributed by atoms with Crippen LogP contribution in [0.4, 0.5) is 0 Å². The summed E-state index contributed by atoms with van der Waals surface area (Å²) in [5.74, 6) is 0.267. The Bertz CT molecular complexity index is 898. The SMILES string of the molecule is CCc1nc(CN2Cc3[nH]c4ccccc4c3C[C@H]2C(=O)O)no1. The summed E-state index contributed by atoms with van der Waals surface area (Å²) in [4.78, 5) is 21.3. The monoisotopic (exact) mass is 326 g/mol. The lowest BCUT2D eigenvalue weighted by molar-refractivity contribution is -0.144. The number of hydrogen-bond donors (Lipinski definition) is 2. The van der Waals surface area contributed by atoms with Crippen LogP contribution in [0.5, 0.6) is 0 Å². The van der Waals surface area contributed by atoms with Crippen molar-refractivity contribution in [1.82, 2.24) is 20.0 Å². The van der Waals surface area contributed by atoms with Crippen molar-refractivity contribution in [2.24, 2.45) is 0 Å². The molecule has 3 heterocycles. The lowest BCUT2D eigenvalue weighted by atomic mass is 9.96. The third-order valence-electron chi connectivity index (χ3n) is 4.54. The van der Waals surface area contributed by atoms with E-state index in [4.69, 9.17) is 4.52 Å². The predicted molar refractivity (Wildman–Crippen MR) is 86.3 cm³/mol. The zero-order chi connectivity index (χ0) is 16.7. The van der Waals surface area contributed by atoms with E-state index in [-0.39, 0.29) is 0 Å². The third-order valence-corrected chi connectivity index (χ3v) is 4.54. The molecule has 0 aliphatic carbocycles. The summed E-state index contributed by atoms with van der Waals surface area (Å²) in [5.41, 5.74) is 3.20. The summed E-state index contributed by atoms with van der Waals surface area (Å²) in [6, 6.07) is 7.40. The summed E-state index contributed by atoms with van der Waals surface area (Å²) in [6.45, 7) is 2.82. The quantitative estimate of drug-likeness (QED) is 0.762. The van der Waals surface area contributed by atoms with Gasteiger partial charge in [-0.15, -0.1) is 0 Å². The minimum Gasteiger partial charge on any atom is -0.480 e. The van der Waals surface area contributed by atoms with Crippen molar-refractivity contribution in [2.45, 2.75) is 38.9 Å². The van der Waals surface area contributed by atoms with Gasteiger partial charge in [-0.2, -0.15) is 4.98 Å². The van der Waals surface area contributed by atoms with E-state index in [0.29, 0.717) is 37.6 Å². The Morgan fingerprint density at radius 2 is 2.29 bits per heavy atom. The second kappa shape index (κ2) is 5.76. The molecular weight excluding hydrogens is 308 g/mol. The van der Waals surface area contributed by atoms with Gasteiger partial charge in [-0.05, 0) is 11.6 Å². The molecule has 2 N–H and O–H groups in total. The molecule has 1 aliphatic rings. The van der Waals surface area contributed by atoms with E-state index in [0.717, 1.165) is 22.2 Å². The number of benzene rings is 1. The molecule has 0 amide bonds. The standard InChI is InChI=1S/C17H18N4O3/c1-2-16-19-15(20-24-16)9-21-8-13-11(7-14(21)17(22)23)10-5-3-4-6-12(10)18-13/h3-6,14,18H,2,7-9H2,1H3,(H,22,23)/t14-/m0/s1. The van der Waals surface area contributed by atoms with E-state index in [1.807, 2.05) is 36.1 Å². The minimum absolute atomic E-state index is 0.356. The normalized spacial score (nSPS) is 18.0. The number of hydrogen-bond acceptors (Lipinski definition) is 5. The highest BCUT2D eigenvalue weighted by atomic mass is 16.5. The zero-order valence-corrected chi connectivity index (χ0v) is 13.3. The number of para-hydroxylation sites is 1. The van der Waals surface area contributed by atoms with Gasteiger partial charge in [-0.3, -0.25) is 9.69 Å². The molecule has 0 unspecified atom stereocenters. The molecule has 0 fully saturated rings. The van der Waals surface area contributed by atoms with E-state index in [2.05, 4.69) is 15.1 Å². The number of rotatable bonds is 4. The van der Waals surface area contributed by atoms with Crippen molar-refractivity contribution >= 4 is 16.9 Å². The van der Waals surface area contributed by atoms with Crippen molar-refractivity contribution in [3.8, 4) is 0 Å². The van der Waals surface area contributed by atoms with Gasteiger partial charge in [0, 0.05) is 36.0 Å². The van der Waals surface area contributed by atoms with Crippen molar-refractivity contribution in [2.75, 3.05) is 0 Å². The average molecular weight is 326 g/mol. The molecule has 7 nitrogen and oxygen atoms in total. The van der Waals surface area contributed by atoms with Crippen LogP contribution in [-0.4, -0.2) is 37.1 Å². The van der Waals surface area contributed by atoms with Gasteiger partial charge >= 0.3 is 5.97 Å². The fraction of sp³-hybridized carbons (Fsp3) is 0.353. The number of aryl methyl sites for hydroxylation is 1. The summed E-state index contributed by atoms with van der Waals surface area (Å²) in [7, 11) is 0. The van der Waals surface area contributed by atoms with E-state index in [9.17, 15) is 9.90 Å². The summed E-state index contributed by atoms with van der Waals surface area (Å²) >= 11 is 0. The van der Waals surface area contributed by atoms with Gasteiger partial charge in [-0.25, -0.2) is 0 Å². The van der Waals surface area contributed by atoms with Gasteiger partial charge in [0.05, 0.1) is 6.54 Å². The molecule has 7 heteroatoms. The number of carboxylic acids is 1. The molecule has 0 radical (unpaired) electrons. The number of carbonyl (C=O) groups is 1. The van der Waals surface area contributed by atoms with Gasteiger partial charge in [0.1, 0.15) is 6.04 Å². The van der Waals surface area contributed by atoms with Crippen LogP contribution in [0.15, 0.2) is 28.8 Å². The molecule has 0 saturated carbocycles. The van der Waals surface area contributed by atoms with Crippen LogP contribution in [0.25, 0.3) is 10.9 Å². The largest absolute Gasteiger partial charge is 0.480 e. The van der Waals surface area contributed by atoms with E-state index in [1.54, 1.807) is 0 Å². The Hall–Kier alpha value is -2.67. The van der Waals surface area contributed by atoms with Crippen molar-refractivity contribution in [3.05, 3.63) is 47.2 Å². The van der Waals surface area contributed by atoms with Crippen LogP contribution >= 0.6 is 0 Å². The Kier molecular flexibility index (Phi) is 3.57. The second-order valence-electron chi connectivity index (χ2n) is 6.05. The van der Waals surface area contributed by atoms with Gasteiger partial charge in [0.15, 0.2) is 5.82 Å². The minimum atomic E-state index is -0.829. The highest BCUT2D eigenvalue weighted by Gasteiger charge is 2.34. The molecule has 1 aromatic carbocycles. The van der Waals surface area contributed by atoms with Crippen LogP contribution in [0.2, 0.25) is 0 Å². The molecule has 0 saturated heterocycles. The van der Waals surface area contributed by atoms with Crippen LogP contribution in [0.1, 0.15) is 29.9 Å². The first-order chi connectivity index (χ1) is 11.7. The van der Waals surface area contributed by atoms with E-state index in [1.165, 1.54) is 0 Å². The van der Waals surface area contributed by atoms with Crippen LogP contribution in [0, 0.1) is 0 Å². The lowest BCUT2D eigenvalue weighted by Gasteiger charge is -2.32. The van der Waals surface area contributed by atoms with Crippen LogP contribution < -0.4 is 0 Å². The fourth-order valence-corrected chi connectivity index (χ4v) is 3.35. The number of nitrogens with zero attached hydrogens (tertiary/aromatic N) is 3. The first-order valence-corrected chi connectivity index (χ1v) is 8.02. The number of nitrogens with one attached hydrogen (secondary N) is 1. The summed E-state index contributed by atoms with van der Waals surface area (Å²) < 4.78 is 5.13. The Labute approximate surface area is 138 Å². The number of aromatic amines is 1. The maximum Gasteiger partial charge on any atom is 0.321 e. The van der Waals surface area contributed by atoms with Gasteiger partial charge in [0.25, 0.3) is 0 Å². The highest BCUT2D eigenvalue weighted by molar-refractivity contribution is 5.86.